The fourth-order valence-electron chi connectivity index (χ4n) is 4.01. The third kappa shape index (κ3) is 6.64. The number of amides is 2. The third-order valence-electron chi connectivity index (χ3n) is 5.94. The van der Waals surface area contributed by atoms with Crippen LogP contribution in [-0.2, 0) is 9.59 Å². The van der Waals surface area contributed by atoms with Gasteiger partial charge in [-0.25, -0.2) is 0 Å². The van der Waals surface area contributed by atoms with Crippen molar-refractivity contribution < 1.29 is 19.2 Å². The van der Waals surface area contributed by atoms with Gasteiger partial charge in [-0.05, 0) is 30.7 Å². The average molecular weight is 491 g/mol. The number of para-hydroxylation sites is 2. The molecule has 0 spiro atoms. The number of carbonyl (C=O) groups excluding carboxylic acids is 4. The zero-order valence-electron chi connectivity index (χ0n) is 20.0. The zero-order chi connectivity index (χ0) is 26.0. The number of benzene rings is 4. The Labute approximate surface area is 215 Å². The van der Waals surface area contributed by atoms with E-state index in [0.29, 0.717) is 22.5 Å². The highest BCUT2D eigenvalue weighted by Crippen LogP contribution is 2.25. The number of nitrogens with one attached hydrogen (secondary N) is 2. The van der Waals surface area contributed by atoms with Crippen molar-refractivity contribution in [3.05, 3.63) is 132 Å². The van der Waals surface area contributed by atoms with E-state index in [1.165, 1.54) is 0 Å². The summed E-state index contributed by atoms with van der Waals surface area (Å²) in [6.07, 6.45) is -0.293. The van der Waals surface area contributed by atoms with Gasteiger partial charge in [-0.2, -0.15) is 0 Å². The molecule has 0 fully saturated rings. The van der Waals surface area contributed by atoms with Crippen molar-refractivity contribution >= 4 is 34.8 Å². The molecule has 0 saturated carbocycles. The minimum absolute atomic E-state index is 0.293. The van der Waals surface area contributed by atoms with Crippen molar-refractivity contribution in [1.29, 1.82) is 0 Å². The minimum atomic E-state index is -1.28. The molecule has 0 heterocycles. The summed E-state index contributed by atoms with van der Waals surface area (Å²) in [7, 11) is 0. The van der Waals surface area contributed by atoms with Crippen LogP contribution in [0.1, 0.15) is 27.1 Å². The molecule has 0 bridgehead atoms. The number of ketones is 2. The van der Waals surface area contributed by atoms with E-state index in [4.69, 9.17) is 0 Å². The molecule has 4 aromatic carbocycles. The van der Waals surface area contributed by atoms with Crippen LogP contribution in [-0.4, -0.2) is 23.4 Å². The summed E-state index contributed by atoms with van der Waals surface area (Å²) in [5, 5.41) is 5.53. The maximum atomic E-state index is 13.5. The molecule has 6 heteroatoms. The lowest BCUT2D eigenvalue weighted by atomic mass is 9.83. The molecule has 184 valence electrons. The van der Waals surface area contributed by atoms with Gasteiger partial charge in [0, 0.05) is 22.5 Å². The fraction of sp³-hybridized carbons (Fsp3) is 0.0968. The number of anilines is 2. The molecular formula is C31H26N2O4. The van der Waals surface area contributed by atoms with Gasteiger partial charge in [0.1, 0.15) is 11.8 Å². The van der Waals surface area contributed by atoms with E-state index >= 15 is 0 Å². The molecule has 0 aliphatic carbocycles. The largest absolute Gasteiger partial charge is 0.325 e. The number of hydrogen-bond donors (Lipinski definition) is 2. The van der Waals surface area contributed by atoms with Crippen molar-refractivity contribution in [1.82, 2.24) is 0 Å². The Kier molecular flexibility index (Phi) is 8.34. The van der Waals surface area contributed by atoms with Crippen molar-refractivity contribution in [3.8, 4) is 0 Å². The Morgan fingerprint density at radius 1 is 0.459 bits per heavy atom. The van der Waals surface area contributed by atoms with Gasteiger partial charge in [-0.15, -0.1) is 0 Å². The first-order valence-electron chi connectivity index (χ1n) is 11.9. The van der Waals surface area contributed by atoms with Crippen LogP contribution in [0.4, 0.5) is 11.4 Å². The molecular weight excluding hydrogens is 464 g/mol. The smallest absolute Gasteiger partial charge is 0.235 e. The molecule has 4 aromatic rings. The molecule has 2 unspecified atom stereocenters. The van der Waals surface area contributed by atoms with E-state index in [2.05, 4.69) is 10.6 Å². The van der Waals surface area contributed by atoms with Crippen LogP contribution in [0.3, 0.4) is 0 Å². The SMILES string of the molecule is O=C(Nc1ccccc1)C(CC(C(=O)Nc1ccccc1)C(=O)c1ccccc1)C(=O)c1ccccc1. The monoisotopic (exact) mass is 490 g/mol. The Hall–Kier alpha value is -4.84. The number of hydrogen-bond acceptors (Lipinski definition) is 4. The Balaban J connectivity index is 1.68. The maximum Gasteiger partial charge on any atom is 0.235 e. The lowest BCUT2D eigenvalue weighted by Gasteiger charge is -2.22. The lowest BCUT2D eigenvalue weighted by molar-refractivity contribution is -0.120. The van der Waals surface area contributed by atoms with Gasteiger partial charge < -0.3 is 10.6 Å². The second-order valence-electron chi connectivity index (χ2n) is 8.51. The number of carbonyl (C=O) groups is 4. The fourth-order valence-corrected chi connectivity index (χ4v) is 4.01. The predicted molar refractivity (Wildman–Crippen MR) is 143 cm³/mol. The van der Waals surface area contributed by atoms with Crippen molar-refractivity contribution in [2.45, 2.75) is 6.42 Å². The summed E-state index contributed by atoms with van der Waals surface area (Å²) >= 11 is 0. The summed E-state index contributed by atoms with van der Waals surface area (Å²) in [5.41, 5.74) is 1.67. The molecule has 2 amide bonds. The maximum absolute atomic E-state index is 13.5. The van der Waals surface area contributed by atoms with Crippen molar-refractivity contribution in [2.24, 2.45) is 11.8 Å². The van der Waals surface area contributed by atoms with Gasteiger partial charge in [0.05, 0.1) is 0 Å². The van der Waals surface area contributed by atoms with Crippen LogP contribution >= 0.6 is 0 Å². The molecule has 4 rings (SSSR count). The van der Waals surface area contributed by atoms with E-state index in [1.54, 1.807) is 109 Å². The van der Waals surface area contributed by atoms with E-state index in [0.717, 1.165) is 0 Å². The summed E-state index contributed by atoms with van der Waals surface area (Å²) in [6, 6.07) is 34.3. The highest BCUT2D eigenvalue weighted by molar-refractivity contribution is 6.17. The predicted octanol–water partition coefficient (Wildman–Crippen LogP) is 5.65. The normalized spacial score (nSPS) is 12.1. The average Bonchev–Trinajstić information content (AvgIpc) is 2.95. The Morgan fingerprint density at radius 3 is 1.08 bits per heavy atom. The van der Waals surface area contributed by atoms with Gasteiger partial charge in [0.2, 0.25) is 11.8 Å². The Morgan fingerprint density at radius 2 is 0.757 bits per heavy atom. The van der Waals surface area contributed by atoms with Crippen LogP contribution in [0.2, 0.25) is 0 Å². The van der Waals surface area contributed by atoms with Gasteiger partial charge in [-0.3, -0.25) is 19.2 Å². The van der Waals surface area contributed by atoms with Crippen LogP contribution in [0.5, 0.6) is 0 Å². The molecule has 0 aromatic heterocycles. The number of Topliss-reactive ketones (excluding diaryl/α,β-unsaturated/α-hetero) is 2. The molecule has 0 aliphatic heterocycles. The minimum Gasteiger partial charge on any atom is -0.325 e. The van der Waals surface area contributed by atoms with Crippen LogP contribution in [0, 0.1) is 11.8 Å². The topological polar surface area (TPSA) is 92.3 Å². The molecule has 37 heavy (non-hydrogen) atoms. The molecule has 0 aliphatic rings. The van der Waals surface area contributed by atoms with Crippen LogP contribution < -0.4 is 10.6 Å². The van der Waals surface area contributed by atoms with Crippen LogP contribution in [0.15, 0.2) is 121 Å². The van der Waals surface area contributed by atoms with E-state index in [9.17, 15) is 19.2 Å². The van der Waals surface area contributed by atoms with Gasteiger partial charge in [0.25, 0.3) is 0 Å². The first kappa shape index (κ1) is 25.3. The molecule has 2 N–H and O–H groups in total. The molecule has 2 atom stereocenters. The van der Waals surface area contributed by atoms with Gasteiger partial charge in [-0.1, -0.05) is 97.1 Å². The van der Waals surface area contributed by atoms with E-state index in [1.807, 2.05) is 12.1 Å². The first-order valence-corrected chi connectivity index (χ1v) is 11.9. The highest BCUT2D eigenvalue weighted by atomic mass is 16.2. The summed E-state index contributed by atoms with van der Waals surface area (Å²) in [6.45, 7) is 0. The standard InChI is InChI=1S/C31H26N2O4/c34-28(22-13-5-1-6-14-22)26(30(36)32-24-17-9-3-10-18-24)21-27(29(35)23-15-7-2-8-16-23)31(37)33-25-19-11-4-12-20-25/h1-20,26-27H,21H2,(H,32,36)(H,33,37). The van der Waals surface area contributed by atoms with Gasteiger partial charge >= 0.3 is 0 Å². The highest BCUT2D eigenvalue weighted by Gasteiger charge is 2.37. The third-order valence-corrected chi connectivity index (χ3v) is 5.94. The van der Waals surface area contributed by atoms with Crippen molar-refractivity contribution in [3.63, 3.8) is 0 Å². The number of rotatable bonds is 10. The Bertz CT molecular complexity index is 1250. The quantitative estimate of drug-likeness (QED) is 0.222. The lowest BCUT2D eigenvalue weighted by Crippen LogP contribution is -2.38. The zero-order valence-corrected chi connectivity index (χ0v) is 20.0. The molecule has 0 saturated heterocycles. The molecule has 0 radical (unpaired) electrons. The van der Waals surface area contributed by atoms with Crippen molar-refractivity contribution in [2.75, 3.05) is 10.6 Å². The first-order chi connectivity index (χ1) is 18.0. The van der Waals surface area contributed by atoms with Gasteiger partial charge in [0.15, 0.2) is 11.6 Å². The second kappa shape index (κ2) is 12.2. The summed E-state index contributed by atoms with van der Waals surface area (Å²) in [4.78, 5) is 54.0. The second-order valence-corrected chi connectivity index (χ2v) is 8.51. The van der Waals surface area contributed by atoms with Crippen LogP contribution in [0.25, 0.3) is 0 Å². The summed E-state index contributed by atoms with van der Waals surface area (Å²) in [5.74, 6) is -4.65. The van der Waals surface area contributed by atoms with E-state index in [-0.39, 0.29) is 6.42 Å². The molecule has 6 nitrogen and oxygen atoms in total. The van der Waals surface area contributed by atoms with E-state index < -0.39 is 35.2 Å². The summed E-state index contributed by atoms with van der Waals surface area (Å²) < 4.78 is 0.